The second kappa shape index (κ2) is 8.94. The molecule has 1 fully saturated rings. The first kappa shape index (κ1) is 15.3. The van der Waals surface area contributed by atoms with Gasteiger partial charge in [-0.25, -0.2) is 0 Å². The average Bonchev–Trinajstić information content (AvgIpc) is 2.98. The standard InChI is InChI=1S/C14H24N4OS/c15-14(17-6-4-13-3-1-12-20-13)16-5-2-7-18-8-10-19-11-9-18/h1,3,12H,2,4-11H2,(H3,15,16,17). The van der Waals surface area contributed by atoms with Crippen molar-refractivity contribution in [3.05, 3.63) is 22.4 Å². The highest BCUT2D eigenvalue weighted by Gasteiger charge is 2.08. The Morgan fingerprint density at radius 1 is 1.45 bits per heavy atom. The van der Waals surface area contributed by atoms with Gasteiger partial charge in [-0.1, -0.05) is 6.07 Å². The van der Waals surface area contributed by atoms with E-state index >= 15 is 0 Å². The summed E-state index contributed by atoms with van der Waals surface area (Å²) in [7, 11) is 0. The molecule has 0 aliphatic carbocycles. The van der Waals surface area contributed by atoms with Gasteiger partial charge in [-0.05, 0) is 24.3 Å². The normalized spacial score (nSPS) is 17.3. The van der Waals surface area contributed by atoms with E-state index < -0.39 is 0 Å². The third kappa shape index (κ3) is 5.90. The van der Waals surface area contributed by atoms with Crippen LogP contribution in [0.2, 0.25) is 0 Å². The van der Waals surface area contributed by atoms with Crippen LogP contribution in [0.1, 0.15) is 11.3 Å². The van der Waals surface area contributed by atoms with Gasteiger partial charge in [-0.15, -0.1) is 11.3 Å². The minimum absolute atomic E-state index is 0.559. The van der Waals surface area contributed by atoms with Gasteiger partial charge in [0.05, 0.1) is 13.2 Å². The summed E-state index contributed by atoms with van der Waals surface area (Å²) in [6, 6.07) is 4.21. The van der Waals surface area contributed by atoms with Gasteiger partial charge in [-0.3, -0.25) is 9.89 Å². The number of nitrogens with two attached hydrogens (primary N) is 1. The van der Waals surface area contributed by atoms with Crippen LogP contribution in [-0.4, -0.2) is 56.8 Å². The third-order valence-electron chi connectivity index (χ3n) is 3.28. The molecule has 0 atom stereocenters. The van der Waals surface area contributed by atoms with Crippen LogP contribution >= 0.6 is 11.3 Å². The Bertz CT molecular complexity index is 388. The lowest BCUT2D eigenvalue weighted by Gasteiger charge is -2.26. The van der Waals surface area contributed by atoms with Gasteiger partial charge in [-0.2, -0.15) is 0 Å². The average molecular weight is 296 g/mol. The Labute approximate surface area is 124 Å². The molecule has 1 aromatic rings. The number of aliphatic imine (C=N–C) groups is 1. The van der Waals surface area contributed by atoms with Gasteiger partial charge in [0.1, 0.15) is 0 Å². The number of nitrogens with one attached hydrogen (secondary N) is 1. The monoisotopic (exact) mass is 296 g/mol. The van der Waals surface area contributed by atoms with E-state index in [2.05, 4.69) is 32.7 Å². The Morgan fingerprint density at radius 3 is 3.05 bits per heavy atom. The van der Waals surface area contributed by atoms with E-state index in [0.717, 1.165) is 58.8 Å². The molecule has 0 amide bonds. The van der Waals surface area contributed by atoms with Gasteiger partial charge in [0.2, 0.25) is 0 Å². The highest BCUT2D eigenvalue weighted by molar-refractivity contribution is 7.09. The number of rotatable bonds is 7. The predicted octanol–water partition coefficient (Wildman–Crippen LogP) is 0.917. The first-order valence-corrected chi connectivity index (χ1v) is 8.09. The number of hydrogen-bond acceptors (Lipinski definition) is 4. The molecule has 112 valence electrons. The molecule has 0 spiro atoms. The summed E-state index contributed by atoms with van der Waals surface area (Å²) < 4.78 is 5.32. The van der Waals surface area contributed by atoms with Crippen molar-refractivity contribution in [2.75, 3.05) is 45.9 Å². The molecule has 5 nitrogen and oxygen atoms in total. The molecule has 1 aliphatic rings. The van der Waals surface area contributed by atoms with Crippen LogP contribution in [0.4, 0.5) is 0 Å². The molecular formula is C14H24N4OS. The maximum Gasteiger partial charge on any atom is 0.188 e. The lowest BCUT2D eigenvalue weighted by molar-refractivity contribution is 0.0377. The van der Waals surface area contributed by atoms with Crippen molar-refractivity contribution in [2.45, 2.75) is 12.8 Å². The van der Waals surface area contributed by atoms with Gasteiger partial charge in [0.15, 0.2) is 5.96 Å². The van der Waals surface area contributed by atoms with Crippen molar-refractivity contribution in [3.63, 3.8) is 0 Å². The van der Waals surface area contributed by atoms with E-state index in [0.29, 0.717) is 5.96 Å². The molecular weight excluding hydrogens is 272 g/mol. The predicted molar refractivity (Wildman–Crippen MR) is 84.4 cm³/mol. The zero-order chi connectivity index (χ0) is 14.0. The molecule has 2 heterocycles. The molecule has 2 rings (SSSR count). The Morgan fingerprint density at radius 2 is 2.30 bits per heavy atom. The maximum atomic E-state index is 5.84. The number of thiophene rings is 1. The Balaban J connectivity index is 1.52. The van der Waals surface area contributed by atoms with Crippen molar-refractivity contribution in [1.29, 1.82) is 0 Å². The van der Waals surface area contributed by atoms with Crippen LogP contribution in [0.15, 0.2) is 22.5 Å². The molecule has 0 saturated carbocycles. The summed E-state index contributed by atoms with van der Waals surface area (Å²) in [6.45, 7) is 6.51. The smallest absolute Gasteiger partial charge is 0.188 e. The molecule has 3 N–H and O–H groups in total. The van der Waals surface area contributed by atoms with Crippen LogP contribution in [0.25, 0.3) is 0 Å². The minimum Gasteiger partial charge on any atom is -0.379 e. The lowest BCUT2D eigenvalue weighted by Crippen LogP contribution is -2.37. The highest BCUT2D eigenvalue weighted by atomic mass is 32.1. The van der Waals surface area contributed by atoms with Crippen molar-refractivity contribution in [2.24, 2.45) is 10.7 Å². The fraction of sp³-hybridized carbons (Fsp3) is 0.643. The van der Waals surface area contributed by atoms with Crippen LogP contribution < -0.4 is 11.1 Å². The van der Waals surface area contributed by atoms with E-state index in [1.165, 1.54) is 4.88 Å². The van der Waals surface area contributed by atoms with Crippen molar-refractivity contribution >= 4 is 17.3 Å². The summed E-state index contributed by atoms with van der Waals surface area (Å²) in [5.74, 6) is 0.559. The molecule has 1 aromatic heterocycles. The minimum atomic E-state index is 0.559. The maximum absolute atomic E-state index is 5.84. The second-order valence-electron chi connectivity index (χ2n) is 4.83. The van der Waals surface area contributed by atoms with Crippen LogP contribution in [0.5, 0.6) is 0 Å². The summed E-state index contributed by atoms with van der Waals surface area (Å²) in [5.41, 5.74) is 5.84. The van der Waals surface area contributed by atoms with E-state index in [9.17, 15) is 0 Å². The summed E-state index contributed by atoms with van der Waals surface area (Å²) in [4.78, 5) is 8.15. The second-order valence-corrected chi connectivity index (χ2v) is 5.86. The summed E-state index contributed by atoms with van der Waals surface area (Å²) in [6.07, 6.45) is 2.05. The molecule has 1 saturated heterocycles. The van der Waals surface area contributed by atoms with Crippen LogP contribution in [0.3, 0.4) is 0 Å². The van der Waals surface area contributed by atoms with Gasteiger partial charge in [0.25, 0.3) is 0 Å². The molecule has 0 radical (unpaired) electrons. The fourth-order valence-electron chi connectivity index (χ4n) is 2.14. The number of morpholine rings is 1. The fourth-order valence-corrected chi connectivity index (χ4v) is 2.85. The largest absolute Gasteiger partial charge is 0.379 e. The molecule has 0 unspecified atom stereocenters. The topological polar surface area (TPSA) is 62.9 Å². The molecule has 1 aliphatic heterocycles. The number of ether oxygens (including phenoxy) is 1. The first-order valence-electron chi connectivity index (χ1n) is 7.21. The first-order chi connectivity index (χ1) is 9.84. The van der Waals surface area contributed by atoms with Crippen LogP contribution in [-0.2, 0) is 11.2 Å². The zero-order valence-electron chi connectivity index (χ0n) is 11.9. The summed E-state index contributed by atoms with van der Waals surface area (Å²) >= 11 is 1.78. The molecule has 20 heavy (non-hydrogen) atoms. The molecule has 6 heteroatoms. The van der Waals surface area contributed by atoms with Crippen molar-refractivity contribution in [1.82, 2.24) is 10.2 Å². The molecule has 0 bridgehead atoms. The van der Waals surface area contributed by atoms with Gasteiger partial charge >= 0.3 is 0 Å². The van der Waals surface area contributed by atoms with Crippen molar-refractivity contribution < 1.29 is 4.74 Å². The van der Waals surface area contributed by atoms with Gasteiger partial charge in [0, 0.05) is 37.6 Å². The van der Waals surface area contributed by atoms with Crippen LogP contribution in [0, 0.1) is 0 Å². The zero-order valence-corrected chi connectivity index (χ0v) is 12.7. The van der Waals surface area contributed by atoms with Crippen molar-refractivity contribution in [3.8, 4) is 0 Å². The van der Waals surface area contributed by atoms with E-state index in [4.69, 9.17) is 10.5 Å². The molecule has 0 aromatic carbocycles. The SMILES string of the molecule is NC(=NCCCN1CCOCC1)NCCc1cccs1. The summed E-state index contributed by atoms with van der Waals surface area (Å²) in [5, 5.41) is 5.26. The van der Waals surface area contributed by atoms with Gasteiger partial charge < -0.3 is 15.8 Å². The number of hydrogen-bond donors (Lipinski definition) is 2. The Kier molecular flexibility index (Phi) is 6.83. The number of guanidine groups is 1. The lowest BCUT2D eigenvalue weighted by atomic mass is 10.3. The highest BCUT2D eigenvalue weighted by Crippen LogP contribution is 2.07. The Hall–Kier alpha value is -1.11. The van der Waals surface area contributed by atoms with E-state index in [1.54, 1.807) is 11.3 Å². The third-order valence-corrected chi connectivity index (χ3v) is 4.21. The quantitative estimate of drug-likeness (QED) is 0.446. The van der Waals surface area contributed by atoms with E-state index in [-0.39, 0.29) is 0 Å². The number of nitrogens with zero attached hydrogens (tertiary/aromatic N) is 2. The van der Waals surface area contributed by atoms with E-state index in [1.807, 2.05) is 0 Å².